The number of hydrogen-bond acceptors (Lipinski definition) is 2. The van der Waals surface area contributed by atoms with Crippen molar-refractivity contribution in [2.24, 2.45) is 23.6 Å². The van der Waals surface area contributed by atoms with Crippen LogP contribution < -0.4 is 11.3 Å². The summed E-state index contributed by atoms with van der Waals surface area (Å²) in [6.07, 6.45) is 8.43. The summed E-state index contributed by atoms with van der Waals surface area (Å²) in [6.45, 7) is 0. The molecule has 21 heavy (non-hydrogen) atoms. The molecule has 4 heteroatoms. The molecular formula is C17H24F2N2. The highest BCUT2D eigenvalue weighted by Gasteiger charge is 2.37. The second-order valence-electron chi connectivity index (χ2n) is 6.66. The van der Waals surface area contributed by atoms with Gasteiger partial charge in [-0.2, -0.15) is 0 Å². The van der Waals surface area contributed by atoms with Gasteiger partial charge in [-0.3, -0.25) is 11.3 Å². The first kappa shape index (κ1) is 14.9. The molecule has 3 rings (SSSR count). The van der Waals surface area contributed by atoms with E-state index < -0.39 is 17.7 Å². The van der Waals surface area contributed by atoms with E-state index in [1.165, 1.54) is 50.3 Å². The van der Waals surface area contributed by atoms with Gasteiger partial charge in [-0.15, -0.1) is 0 Å². The Morgan fingerprint density at radius 1 is 1.00 bits per heavy atom. The predicted molar refractivity (Wildman–Crippen MR) is 79.2 cm³/mol. The first-order valence-electron chi connectivity index (χ1n) is 8.10. The molecule has 0 aromatic heterocycles. The van der Waals surface area contributed by atoms with Gasteiger partial charge in [0.25, 0.3) is 0 Å². The quantitative estimate of drug-likeness (QED) is 0.651. The Morgan fingerprint density at radius 3 is 2.33 bits per heavy atom. The lowest BCUT2D eigenvalue weighted by Crippen LogP contribution is -2.39. The molecule has 0 bridgehead atoms. The highest BCUT2D eigenvalue weighted by Crippen LogP contribution is 2.46. The molecular weight excluding hydrogens is 270 g/mol. The fourth-order valence-corrected chi connectivity index (χ4v) is 4.48. The van der Waals surface area contributed by atoms with E-state index in [-0.39, 0.29) is 11.5 Å². The van der Waals surface area contributed by atoms with E-state index in [1.807, 2.05) is 0 Å². The minimum absolute atomic E-state index is 0.110. The van der Waals surface area contributed by atoms with Crippen molar-refractivity contribution in [2.75, 3.05) is 0 Å². The lowest BCUT2D eigenvalue weighted by molar-refractivity contribution is 0.107. The molecule has 0 radical (unpaired) electrons. The van der Waals surface area contributed by atoms with Crippen LogP contribution in [0.25, 0.3) is 0 Å². The number of hydrogen-bond donors (Lipinski definition) is 2. The van der Waals surface area contributed by atoms with Gasteiger partial charge in [-0.05, 0) is 49.1 Å². The molecule has 0 saturated heterocycles. The van der Waals surface area contributed by atoms with Gasteiger partial charge >= 0.3 is 0 Å². The van der Waals surface area contributed by atoms with Crippen LogP contribution in [0.2, 0.25) is 0 Å². The highest BCUT2D eigenvalue weighted by molar-refractivity contribution is 5.24. The van der Waals surface area contributed by atoms with Crippen LogP contribution in [0.3, 0.4) is 0 Å². The van der Waals surface area contributed by atoms with Crippen LogP contribution in [0.4, 0.5) is 8.78 Å². The monoisotopic (exact) mass is 294 g/mol. The molecule has 4 atom stereocenters. The van der Waals surface area contributed by atoms with Gasteiger partial charge in [0.2, 0.25) is 0 Å². The average Bonchev–Trinajstić information content (AvgIpc) is 2.50. The van der Waals surface area contributed by atoms with Crippen molar-refractivity contribution in [3.05, 3.63) is 35.4 Å². The van der Waals surface area contributed by atoms with Gasteiger partial charge < -0.3 is 0 Å². The van der Waals surface area contributed by atoms with E-state index in [4.69, 9.17) is 5.84 Å². The predicted octanol–water partition coefficient (Wildman–Crippen LogP) is 4.08. The van der Waals surface area contributed by atoms with Crippen molar-refractivity contribution in [3.63, 3.8) is 0 Å². The average molecular weight is 294 g/mol. The molecule has 0 spiro atoms. The van der Waals surface area contributed by atoms with Crippen molar-refractivity contribution in [1.29, 1.82) is 0 Å². The van der Waals surface area contributed by atoms with Crippen LogP contribution in [-0.4, -0.2) is 0 Å². The number of hydrazine groups is 1. The number of halogens is 2. The molecule has 116 valence electrons. The summed E-state index contributed by atoms with van der Waals surface area (Å²) in [4.78, 5) is 0. The topological polar surface area (TPSA) is 38.0 Å². The summed E-state index contributed by atoms with van der Waals surface area (Å²) >= 11 is 0. The van der Waals surface area contributed by atoms with E-state index in [0.29, 0.717) is 5.92 Å². The minimum atomic E-state index is -0.497. The van der Waals surface area contributed by atoms with Crippen molar-refractivity contribution in [3.8, 4) is 0 Å². The second kappa shape index (κ2) is 6.41. The Morgan fingerprint density at radius 2 is 1.67 bits per heavy atom. The van der Waals surface area contributed by atoms with Crippen LogP contribution in [0.1, 0.15) is 56.6 Å². The summed E-state index contributed by atoms with van der Waals surface area (Å²) in [5.41, 5.74) is 2.80. The lowest BCUT2D eigenvalue weighted by atomic mass is 9.65. The summed E-state index contributed by atoms with van der Waals surface area (Å²) in [5.74, 6) is 6.42. The largest absolute Gasteiger partial charge is 0.271 e. The number of benzene rings is 1. The van der Waals surface area contributed by atoms with Crippen molar-refractivity contribution >= 4 is 0 Å². The lowest BCUT2D eigenvalue weighted by Gasteiger charge is -2.42. The first-order valence-corrected chi connectivity index (χ1v) is 8.10. The maximum atomic E-state index is 14.0. The number of rotatable bonds is 3. The van der Waals surface area contributed by atoms with Gasteiger partial charge in [0, 0.05) is 5.56 Å². The zero-order valence-electron chi connectivity index (χ0n) is 12.3. The van der Waals surface area contributed by atoms with Gasteiger partial charge in [0.1, 0.15) is 11.6 Å². The first-order chi connectivity index (χ1) is 10.2. The van der Waals surface area contributed by atoms with Crippen LogP contribution in [0.15, 0.2) is 18.2 Å². The second-order valence-corrected chi connectivity index (χ2v) is 6.66. The fraction of sp³-hybridized carbons (Fsp3) is 0.647. The van der Waals surface area contributed by atoms with Crippen molar-refractivity contribution in [2.45, 2.75) is 51.0 Å². The fourth-order valence-electron chi connectivity index (χ4n) is 4.48. The van der Waals surface area contributed by atoms with E-state index in [0.717, 1.165) is 18.8 Å². The molecule has 0 amide bonds. The smallest absolute Gasteiger partial charge is 0.130 e. The van der Waals surface area contributed by atoms with E-state index in [2.05, 4.69) is 5.43 Å². The molecule has 1 aromatic carbocycles. The van der Waals surface area contributed by atoms with E-state index in [9.17, 15) is 8.78 Å². The minimum Gasteiger partial charge on any atom is -0.271 e. The molecule has 2 aliphatic carbocycles. The summed E-state index contributed by atoms with van der Waals surface area (Å²) in [7, 11) is 0. The third-order valence-electron chi connectivity index (χ3n) is 5.54. The van der Waals surface area contributed by atoms with Crippen molar-refractivity contribution in [1.82, 2.24) is 5.43 Å². The molecule has 2 aliphatic rings. The van der Waals surface area contributed by atoms with E-state index >= 15 is 0 Å². The highest BCUT2D eigenvalue weighted by atomic mass is 19.1. The van der Waals surface area contributed by atoms with Crippen LogP contribution in [0, 0.1) is 29.4 Å². The Labute approximate surface area is 125 Å². The molecule has 0 aliphatic heterocycles. The zero-order valence-corrected chi connectivity index (χ0v) is 12.3. The summed E-state index contributed by atoms with van der Waals surface area (Å²) in [5, 5.41) is 0. The normalized spacial score (nSPS) is 30.7. The summed E-state index contributed by atoms with van der Waals surface area (Å²) < 4.78 is 28.1. The van der Waals surface area contributed by atoms with Gasteiger partial charge in [0.15, 0.2) is 0 Å². The van der Waals surface area contributed by atoms with Gasteiger partial charge in [-0.1, -0.05) is 31.7 Å². The number of fused-ring (bicyclic) bond motifs is 1. The Bertz CT molecular complexity index is 471. The van der Waals surface area contributed by atoms with Crippen LogP contribution >= 0.6 is 0 Å². The molecule has 4 unspecified atom stereocenters. The molecule has 3 N–H and O–H groups in total. The molecule has 2 nitrogen and oxygen atoms in total. The molecule has 0 heterocycles. The third kappa shape index (κ3) is 2.97. The van der Waals surface area contributed by atoms with Crippen molar-refractivity contribution < 1.29 is 8.78 Å². The van der Waals surface area contributed by atoms with Crippen LogP contribution in [-0.2, 0) is 0 Å². The zero-order chi connectivity index (χ0) is 14.8. The van der Waals surface area contributed by atoms with E-state index in [1.54, 1.807) is 0 Å². The molecule has 2 saturated carbocycles. The van der Waals surface area contributed by atoms with Crippen LogP contribution in [0.5, 0.6) is 0 Å². The summed E-state index contributed by atoms with van der Waals surface area (Å²) in [6, 6.07) is 3.61. The third-order valence-corrected chi connectivity index (χ3v) is 5.54. The molecule has 1 aromatic rings. The van der Waals surface area contributed by atoms with Gasteiger partial charge in [-0.25, -0.2) is 8.78 Å². The maximum absolute atomic E-state index is 14.0. The Hall–Kier alpha value is -1.00. The number of nitrogens with two attached hydrogens (primary N) is 1. The maximum Gasteiger partial charge on any atom is 0.130 e. The SMILES string of the molecule is NNC(c1c(F)cccc1F)C1CCC2CCCCC2C1. The van der Waals surface area contributed by atoms with Gasteiger partial charge in [0.05, 0.1) is 6.04 Å². The Balaban J connectivity index is 1.80. The number of nitrogens with one attached hydrogen (secondary N) is 1. The molecule has 2 fully saturated rings. The Kier molecular flexibility index (Phi) is 4.55. The standard InChI is InChI=1S/C17H24F2N2/c18-14-6-3-7-15(19)16(14)17(21-20)13-9-8-11-4-1-2-5-12(11)10-13/h3,6-7,11-13,17,21H,1-2,4-5,8-10,20H2.